The monoisotopic (exact) mass is 1560 g/mol. The molecule has 0 radical (unpaired) electrons. The van der Waals surface area contributed by atoms with E-state index in [2.05, 4.69) is 411 Å². The molecule has 0 saturated carbocycles. The first-order valence-corrected chi connectivity index (χ1v) is 44.1. The molecular formula is C119H90N2O. The van der Waals surface area contributed by atoms with E-state index >= 15 is 0 Å². The summed E-state index contributed by atoms with van der Waals surface area (Å²) in [7, 11) is 0. The molecule has 0 bridgehead atoms. The Hall–Kier alpha value is -13.6. The van der Waals surface area contributed by atoms with E-state index in [4.69, 9.17) is 4.42 Å². The van der Waals surface area contributed by atoms with E-state index in [1.54, 1.807) is 11.1 Å². The molecule has 0 amide bonds. The topological polar surface area (TPSA) is 23.0 Å². The number of aromatic nitrogens is 2. The Kier molecular flexibility index (Phi) is 14.3. The molecule has 0 spiro atoms. The molecule has 14 aromatic carbocycles. The number of rotatable bonds is 3. The number of benzene rings is 14. The molecule has 17 aromatic rings. The van der Waals surface area contributed by atoms with Crippen LogP contribution in [0, 0.1) is 17.3 Å². The fourth-order valence-electron chi connectivity index (χ4n) is 25.0. The number of hydrogen-bond acceptors (Lipinski definition) is 1. The summed E-state index contributed by atoms with van der Waals surface area (Å²) < 4.78 is 11.4. The smallest absolute Gasteiger partial charge is 0.136 e. The summed E-state index contributed by atoms with van der Waals surface area (Å²) in [6, 6.07) is 101. The Balaban J connectivity index is 0.0000000986. The van der Waals surface area contributed by atoms with Gasteiger partial charge < -0.3 is 13.6 Å². The number of fused-ring (bicyclic) bond motifs is 22. The summed E-state index contributed by atoms with van der Waals surface area (Å²) in [6.07, 6.45) is 28.4. The van der Waals surface area contributed by atoms with Gasteiger partial charge in [0.05, 0.1) is 22.1 Å². The van der Waals surface area contributed by atoms with Gasteiger partial charge in [0.1, 0.15) is 11.2 Å². The fraction of sp³-hybridized carbons (Fsp3) is 0.160. The zero-order valence-corrected chi connectivity index (χ0v) is 70.2. The molecule has 0 fully saturated rings. The molecule has 3 heteroatoms. The summed E-state index contributed by atoms with van der Waals surface area (Å²) in [5, 5.41) is 13.2. The minimum atomic E-state index is -0.0258. The highest BCUT2D eigenvalue weighted by atomic mass is 16.3. The second kappa shape index (κ2) is 24.8. The molecule has 0 N–H and O–H groups in total. The lowest BCUT2D eigenvalue weighted by Gasteiger charge is -2.44. The molecule has 11 aliphatic carbocycles. The molecule has 582 valence electrons. The minimum absolute atomic E-state index is 0.00561. The Morgan fingerprint density at radius 3 is 1.62 bits per heavy atom. The van der Waals surface area contributed by atoms with Gasteiger partial charge in [-0.1, -0.05) is 323 Å². The molecule has 0 saturated heterocycles. The van der Waals surface area contributed by atoms with Gasteiger partial charge in [0.15, 0.2) is 0 Å². The van der Waals surface area contributed by atoms with Gasteiger partial charge in [0.25, 0.3) is 0 Å². The first-order valence-electron chi connectivity index (χ1n) is 44.1. The molecule has 0 aliphatic heterocycles. The fourth-order valence-corrected chi connectivity index (χ4v) is 25.0. The van der Waals surface area contributed by atoms with E-state index in [0.717, 1.165) is 17.6 Å². The lowest BCUT2D eigenvalue weighted by Crippen LogP contribution is -2.30. The number of allylic oxidation sites excluding steroid dienone is 14. The number of nitrogens with zero attached hydrogens (tertiary/aromatic N) is 2. The largest absolute Gasteiger partial charge is 0.456 e. The summed E-state index contributed by atoms with van der Waals surface area (Å²) in [5.74, 6) is 1.73. The molecule has 28 rings (SSSR count). The van der Waals surface area contributed by atoms with Gasteiger partial charge in [-0.3, -0.25) is 0 Å². The summed E-state index contributed by atoms with van der Waals surface area (Å²) in [6.45, 7) is 21.7. The first kappa shape index (κ1) is 70.3. The quantitative estimate of drug-likeness (QED) is 0.173. The van der Waals surface area contributed by atoms with E-state index in [0.29, 0.717) is 29.6 Å². The molecule has 3 nitrogen and oxygen atoms in total. The van der Waals surface area contributed by atoms with Crippen LogP contribution in [-0.2, 0) is 16.2 Å². The van der Waals surface area contributed by atoms with E-state index in [9.17, 15) is 0 Å². The standard InChI is InChI=1S/C41H29N.C41H35N.C37H26O/c1-41(2)33-21-25-11-7-6-10-24(25)20-32(33)39-30-18-17-27-23-36-40(31-19-16-26(22-34(39)41)37(30)38(27)31)29-14-8-9-15-35(29)42(36)28-12-4-3-5-13-28;1-40(2,3)32-23-30-36-24(21-35-38(30)27-16-10-12-18-34(27)42(35)25-13-7-6-8-14-25)19-20-28-37-26-15-9-11-17-31(26)41(4,5)33(37)22-29(32)39(28)36;1-37(2)29-11-7-6-10-25(29)35-26-15-13-24-20-32-36(27-16-12-23(19-30(35)37)33(26)34(24)27)28-18-22(14-17-31(28)38-32)21-8-4-3-5-9-21/h3-23,30,37H,1-2H3;6-23,28,39H,1-5H3;3-18,20,23H,19H2,1-2H3. The highest BCUT2D eigenvalue weighted by molar-refractivity contribution is 6.21. The van der Waals surface area contributed by atoms with Crippen LogP contribution in [0.5, 0.6) is 0 Å². The SMILES string of the molecule is CC(C)(C)C1=Cc2c3c(cc4c2c2ccccc2n4-c2ccccc2)C=CC2C4=C(C=C1C32)C(C)(C)c1ccccc14.CC1(C)C2=C(c3cc4ccccc4cc31)C1C=Cc3cc4c(c5c3C1C(=C2)C=C5)c1ccccc1n4-c1ccccc1.CC1(C)C2=C(c3ccccc31)c1ccc3cc4oc5ccc(-c6ccccc6)cc5c4c4c3c1C(C=C4)C2. The van der Waals surface area contributed by atoms with E-state index in [1.165, 1.54) is 221 Å². The van der Waals surface area contributed by atoms with Crippen molar-refractivity contribution in [3.05, 3.63) is 426 Å². The van der Waals surface area contributed by atoms with Crippen LogP contribution in [-0.4, -0.2) is 9.13 Å². The molecule has 11 aliphatic rings. The molecule has 5 unspecified atom stereocenters. The van der Waals surface area contributed by atoms with Gasteiger partial charge in [0.2, 0.25) is 0 Å². The van der Waals surface area contributed by atoms with Gasteiger partial charge >= 0.3 is 0 Å². The Morgan fingerprint density at radius 2 is 0.934 bits per heavy atom. The van der Waals surface area contributed by atoms with Gasteiger partial charge in [-0.05, 0) is 257 Å². The van der Waals surface area contributed by atoms with Crippen LogP contribution in [0.25, 0.3) is 157 Å². The van der Waals surface area contributed by atoms with Gasteiger partial charge in [-0.25, -0.2) is 0 Å². The van der Waals surface area contributed by atoms with Crippen LogP contribution < -0.4 is 0 Å². The van der Waals surface area contributed by atoms with Gasteiger partial charge in [-0.15, -0.1) is 0 Å². The minimum Gasteiger partial charge on any atom is -0.456 e. The van der Waals surface area contributed by atoms with Crippen molar-refractivity contribution < 1.29 is 4.42 Å². The highest BCUT2D eigenvalue weighted by Gasteiger charge is 2.51. The Bertz CT molecular complexity index is 8010. The average Bonchev–Trinajstić information content (AvgIpc) is 1.36. The highest BCUT2D eigenvalue weighted by Crippen LogP contribution is 2.66. The van der Waals surface area contributed by atoms with Gasteiger partial charge in [-0.2, -0.15) is 0 Å². The van der Waals surface area contributed by atoms with Crippen molar-refractivity contribution in [2.45, 2.75) is 103 Å². The lowest BCUT2D eigenvalue weighted by molar-refractivity contribution is 0.493. The van der Waals surface area contributed by atoms with Crippen molar-refractivity contribution in [3.63, 3.8) is 0 Å². The van der Waals surface area contributed by atoms with Crippen LogP contribution in [0.4, 0.5) is 0 Å². The first-order chi connectivity index (χ1) is 59.4. The van der Waals surface area contributed by atoms with Crippen LogP contribution in [0.3, 0.4) is 0 Å². The average molecular weight is 1560 g/mol. The third kappa shape index (κ3) is 9.46. The van der Waals surface area contributed by atoms with Crippen molar-refractivity contribution >= 4 is 134 Å². The maximum Gasteiger partial charge on any atom is 0.136 e. The Morgan fingerprint density at radius 1 is 0.361 bits per heavy atom. The predicted molar refractivity (Wildman–Crippen MR) is 514 cm³/mol. The van der Waals surface area contributed by atoms with E-state index < -0.39 is 0 Å². The maximum absolute atomic E-state index is 6.46. The van der Waals surface area contributed by atoms with Crippen molar-refractivity contribution in [1.29, 1.82) is 0 Å². The lowest BCUT2D eigenvalue weighted by atomic mass is 9.59. The predicted octanol–water partition coefficient (Wildman–Crippen LogP) is 31.0. The molecule has 3 aromatic heterocycles. The van der Waals surface area contributed by atoms with Crippen LogP contribution in [0.15, 0.2) is 347 Å². The van der Waals surface area contributed by atoms with Crippen molar-refractivity contribution in [2.24, 2.45) is 17.3 Å². The zero-order valence-electron chi connectivity index (χ0n) is 70.2. The molecular weight excluding hydrogens is 1470 g/mol. The second-order valence-corrected chi connectivity index (χ2v) is 38.7. The summed E-state index contributed by atoms with van der Waals surface area (Å²) >= 11 is 0. The maximum atomic E-state index is 6.46. The Labute approximate surface area is 711 Å². The summed E-state index contributed by atoms with van der Waals surface area (Å²) in [5.41, 5.74) is 47.0. The van der Waals surface area contributed by atoms with E-state index in [1.807, 2.05) is 0 Å². The van der Waals surface area contributed by atoms with Gasteiger partial charge in [0, 0.05) is 89.5 Å². The normalized spacial score (nSPS) is 20.2. The van der Waals surface area contributed by atoms with Crippen molar-refractivity contribution in [3.8, 4) is 22.5 Å². The zero-order chi connectivity index (χ0) is 81.5. The van der Waals surface area contributed by atoms with Crippen LogP contribution in [0.2, 0.25) is 0 Å². The number of para-hydroxylation sites is 4. The number of hydrogen-bond donors (Lipinski definition) is 0. The van der Waals surface area contributed by atoms with Crippen molar-refractivity contribution in [1.82, 2.24) is 9.13 Å². The summed E-state index contributed by atoms with van der Waals surface area (Å²) in [4.78, 5) is 0. The molecule has 5 atom stereocenters. The van der Waals surface area contributed by atoms with Crippen molar-refractivity contribution in [2.75, 3.05) is 0 Å². The third-order valence-corrected chi connectivity index (χ3v) is 30.4. The second-order valence-electron chi connectivity index (χ2n) is 38.7. The molecule has 3 heterocycles. The van der Waals surface area contributed by atoms with Crippen LogP contribution >= 0.6 is 0 Å². The van der Waals surface area contributed by atoms with Crippen LogP contribution in [0.1, 0.15) is 170 Å². The number of furan rings is 1. The third-order valence-electron chi connectivity index (χ3n) is 30.4. The van der Waals surface area contributed by atoms with E-state index in [-0.39, 0.29) is 21.7 Å². The molecule has 122 heavy (non-hydrogen) atoms.